The van der Waals surface area contributed by atoms with Crippen LogP contribution in [0.15, 0.2) is 0 Å². The first-order valence-corrected chi connectivity index (χ1v) is 6.61. The Morgan fingerprint density at radius 3 is 1.56 bits per heavy atom. The Hall–Kier alpha value is 2.06. The van der Waals surface area contributed by atoms with Crippen molar-refractivity contribution in [2.45, 2.75) is 17.9 Å². The summed E-state index contributed by atoms with van der Waals surface area (Å²) in [5.74, 6) is 0. The van der Waals surface area contributed by atoms with Crippen LogP contribution in [-0.2, 0) is 9.13 Å². The van der Waals surface area contributed by atoms with Gasteiger partial charge in [0.1, 0.15) is 5.08 Å². The van der Waals surface area contributed by atoms with Crippen LogP contribution in [0.4, 0.5) is 0 Å². The van der Waals surface area contributed by atoms with Gasteiger partial charge in [-0.15, -0.1) is 0 Å². The molecule has 4 radical (unpaired) electrons. The second-order valence-corrected chi connectivity index (χ2v) is 6.48. The molecule has 12 heteroatoms. The second-order valence-electron chi connectivity index (χ2n) is 2.66. The fourth-order valence-electron chi connectivity index (χ4n) is 0.763. The molecule has 0 aliphatic rings. The smallest absolute Gasteiger partial charge is 0.808 e. The van der Waals surface area contributed by atoms with Crippen LogP contribution in [0.25, 0.3) is 0 Å². The van der Waals surface area contributed by atoms with Gasteiger partial charge in [-0.25, -0.2) is 0 Å². The van der Waals surface area contributed by atoms with Crippen LogP contribution in [0, 0.1) is 0 Å². The first-order valence-electron chi connectivity index (χ1n) is 3.53. The Balaban J connectivity index is -0.000000845. The molecule has 0 aliphatic carbocycles. The van der Waals surface area contributed by atoms with Crippen LogP contribution in [0.3, 0.4) is 0 Å². The Labute approximate surface area is 133 Å². The number of rotatable bonds is 5. The molecule has 0 rings (SSSR count). The first-order chi connectivity index (χ1) is 6.06. The van der Waals surface area contributed by atoms with Crippen molar-refractivity contribution in [2.24, 2.45) is 5.73 Å². The van der Waals surface area contributed by atoms with Crippen molar-refractivity contribution < 1.29 is 33.8 Å². The van der Waals surface area contributed by atoms with E-state index in [0.29, 0.717) is 0 Å². The third-order valence-electron chi connectivity index (χ3n) is 1.59. The van der Waals surface area contributed by atoms with Crippen LogP contribution >= 0.6 is 15.2 Å². The van der Waals surface area contributed by atoms with E-state index in [2.05, 4.69) is 0 Å². The number of aliphatic hydroxyl groups is 1. The minimum atomic E-state index is -5.93. The standard InChI is InChI=1S/C4H13NO7P2.2Pb/c5-3-1-2-4(6,13(7,8)9)14(10,11)12;;/h6H,1-3,5H2,(H2,7,8,9)(H2,10,11,12);;/q;2*+2/p-4. The molecule has 0 heterocycles. The molecule has 16 heavy (non-hydrogen) atoms. The summed E-state index contributed by atoms with van der Waals surface area (Å²) in [5, 5.41) is 5.22. The predicted octanol–water partition coefficient (Wildman–Crippen LogP) is -4.56. The zero-order valence-electron chi connectivity index (χ0n) is 7.99. The monoisotopic (exact) mass is 661 g/mol. The summed E-state index contributed by atoms with van der Waals surface area (Å²) >= 11 is 0. The average Bonchev–Trinajstić information content (AvgIpc) is 1.95. The van der Waals surface area contributed by atoms with Gasteiger partial charge in [0.2, 0.25) is 0 Å². The molecule has 0 unspecified atom stereocenters. The third kappa shape index (κ3) is 5.80. The van der Waals surface area contributed by atoms with Gasteiger partial charge in [0.25, 0.3) is 0 Å². The van der Waals surface area contributed by atoms with Gasteiger partial charge in [-0.1, -0.05) is 0 Å². The Morgan fingerprint density at radius 1 is 1.06 bits per heavy atom. The van der Waals surface area contributed by atoms with Gasteiger partial charge in [-0.3, -0.25) is 0 Å². The van der Waals surface area contributed by atoms with E-state index < -0.39 is 26.7 Å². The molecule has 0 bridgehead atoms. The number of hydrogen-bond donors (Lipinski definition) is 2. The fourth-order valence-corrected chi connectivity index (χ4v) is 2.83. The summed E-state index contributed by atoms with van der Waals surface area (Å²) < 4.78 is 20.8. The van der Waals surface area contributed by atoms with Gasteiger partial charge < -0.3 is 39.5 Å². The topological polar surface area (TPSA) is 173 Å². The van der Waals surface area contributed by atoms with Gasteiger partial charge in [0.15, 0.2) is 0 Å². The number of nitrogens with two attached hydrogens (primary N) is 1. The zero-order valence-corrected chi connectivity index (χ0v) is 17.6. The maximum atomic E-state index is 10.4. The van der Waals surface area contributed by atoms with Gasteiger partial charge in [0, 0.05) is 0 Å². The van der Waals surface area contributed by atoms with Crippen molar-refractivity contribution in [3.8, 4) is 0 Å². The van der Waals surface area contributed by atoms with Gasteiger partial charge in [-0.05, 0) is 34.6 Å². The molecule has 0 aromatic rings. The van der Waals surface area contributed by atoms with E-state index in [-0.39, 0.29) is 67.6 Å². The van der Waals surface area contributed by atoms with Crippen LogP contribution in [0.2, 0.25) is 0 Å². The molecular formula is C4H9NO7P2Pb2. The van der Waals surface area contributed by atoms with Crippen molar-refractivity contribution in [3.05, 3.63) is 0 Å². The molecule has 0 spiro atoms. The average molecular weight is 659 g/mol. The predicted molar refractivity (Wildman–Crippen MR) is 50.0 cm³/mol. The third-order valence-corrected chi connectivity index (χ3v) is 5.26. The molecular weight excluding hydrogens is 650 g/mol. The van der Waals surface area contributed by atoms with Crippen molar-refractivity contribution in [3.63, 3.8) is 0 Å². The molecule has 8 nitrogen and oxygen atoms in total. The molecule has 0 saturated heterocycles. The van der Waals surface area contributed by atoms with Crippen molar-refractivity contribution >= 4 is 69.8 Å². The maximum absolute atomic E-state index is 10.4. The Kier molecular flexibility index (Phi) is 12.0. The molecule has 3 N–H and O–H groups in total. The molecule has 0 aliphatic heterocycles. The van der Waals surface area contributed by atoms with Gasteiger partial charge in [-0.2, -0.15) is 0 Å². The van der Waals surface area contributed by atoms with Crippen LogP contribution in [-0.4, -0.2) is 71.3 Å². The van der Waals surface area contributed by atoms with Crippen molar-refractivity contribution in [2.75, 3.05) is 6.54 Å². The summed E-state index contributed by atoms with van der Waals surface area (Å²) in [6, 6.07) is 0. The SMILES string of the molecule is NCCCC(O)(P(=O)([O-])[O-])P(=O)([O-])[O-].[Pb+2].[Pb+2]. The van der Waals surface area contributed by atoms with E-state index in [1.165, 1.54) is 0 Å². The van der Waals surface area contributed by atoms with Crippen LogP contribution < -0.4 is 25.3 Å². The Morgan fingerprint density at radius 2 is 1.38 bits per heavy atom. The quantitative estimate of drug-likeness (QED) is 0.220. The fraction of sp³-hybridized carbons (Fsp3) is 1.00. The molecule has 0 aromatic carbocycles. The van der Waals surface area contributed by atoms with E-state index in [1.807, 2.05) is 0 Å². The molecule has 0 fully saturated rings. The van der Waals surface area contributed by atoms with Crippen LogP contribution in [0.5, 0.6) is 0 Å². The van der Waals surface area contributed by atoms with E-state index in [0.717, 1.165) is 0 Å². The minimum absolute atomic E-state index is 0. The second kappa shape index (κ2) is 8.28. The van der Waals surface area contributed by atoms with Gasteiger partial charge in [0.05, 0.1) is 0 Å². The van der Waals surface area contributed by atoms with Crippen molar-refractivity contribution in [1.29, 1.82) is 0 Å². The summed E-state index contributed by atoms with van der Waals surface area (Å²) in [7, 11) is -11.9. The van der Waals surface area contributed by atoms with E-state index in [9.17, 15) is 28.7 Å². The first kappa shape index (κ1) is 23.2. The molecule has 0 aromatic heterocycles. The Bertz CT molecular complexity index is 266. The minimum Gasteiger partial charge on any atom is -0.808 e. The number of hydrogen-bond acceptors (Lipinski definition) is 8. The van der Waals surface area contributed by atoms with E-state index in [1.54, 1.807) is 0 Å². The van der Waals surface area contributed by atoms with E-state index in [4.69, 9.17) is 10.8 Å². The normalized spacial score (nSPS) is 12.6. The molecule has 0 atom stereocenters. The molecule has 0 amide bonds. The maximum Gasteiger partial charge on any atom is 2.00 e. The van der Waals surface area contributed by atoms with Crippen LogP contribution in [0.1, 0.15) is 12.8 Å². The largest absolute Gasteiger partial charge is 2.00 e. The molecule has 90 valence electrons. The van der Waals surface area contributed by atoms with Gasteiger partial charge >= 0.3 is 54.6 Å². The summed E-state index contributed by atoms with van der Waals surface area (Å²) in [5.41, 5.74) is 4.92. The van der Waals surface area contributed by atoms with Crippen molar-refractivity contribution in [1.82, 2.24) is 0 Å². The molecule has 0 saturated carbocycles. The summed E-state index contributed by atoms with van der Waals surface area (Å²) in [4.78, 5) is 41.7. The summed E-state index contributed by atoms with van der Waals surface area (Å²) in [6.45, 7) is -0.150. The zero-order chi connectivity index (χ0) is 11.6. The van der Waals surface area contributed by atoms with E-state index >= 15 is 0 Å². The summed E-state index contributed by atoms with van der Waals surface area (Å²) in [6.07, 6.45) is -1.27.